The molecule has 2 aromatic heterocycles. The van der Waals surface area contributed by atoms with E-state index in [9.17, 15) is 9.59 Å². The maximum Gasteiger partial charge on any atom is 0.265 e. The van der Waals surface area contributed by atoms with Crippen LogP contribution in [0, 0.1) is 0 Å². The van der Waals surface area contributed by atoms with Gasteiger partial charge in [-0.1, -0.05) is 30.0 Å². The van der Waals surface area contributed by atoms with E-state index in [0.717, 1.165) is 15.5 Å². The average molecular weight is 312 g/mol. The number of carbonyl (C=O) groups is 2. The van der Waals surface area contributed by atoms with Gasteiger partial charge in [-0.2, -0.15) is 5.10 Å². The lowest BCUT2D eigenvalue weighted by molar-refractivity contribution is -0.114. The Morgan fingerprint density at radius 2 is 2.00 bits per heavy atom. The van der Waals surface area contributed by atoms with Crippen molar-refractivity contribution in [1.82, 2.24) is 20.2 Å². The molecule has 0 saturated carbocycles. The molecule has 0 amide bonds. The van der Waals surface area contributed by atoms with Gasteiger partial charge in [-0.05, 0) is 23.8 Å². The summed E-state index contributed by atoms with van der Waals surface area (Å²) in [5.41, 5.74) is 0.760. The highest BCUT2D eigenvalue weighted by Gasteiger charge is 2.19. The van der Waals surface area contributed by atoms with Crippen molar-refractivity contribution in [3.8, 4) is 0 Å². The molecule has 22 heavy (non-hydrogen) atoms. The minimum atomic E-state index is -0.657. The lowest BCUT2D eigenvalue weighted by Gasteiger charge is -1.97. The Morgan fingerprint density at radius 3 is 2.73 bits per heavy atom. The number of hydrogen-bond donors (Lipinski definition) is 2. The van der Waals surface area contributed by atoms with Gasteiger partial charge in [0.05, 0.1) is 5.03 Å². The van der Waals surface area contributed by atoms with E-state index in [1.165, 1.54) is 6.33 Å². The first kappa shape index (κ1) is 14.3. The zero-order valence-electron chi connectivity index (χ0n) is 11.4. The van der Waals surface area contributed by atoms with E-state index in [2.05, 4.69) is 20.2 Å². The second-order valence-corrected chi connectivity index (χ2v) is 5.67. The van der Waals surface area contributed by atoms with Crippen molar-refractivity contribution < 1.29 is 9.59 Å². The summed E-state index contributed by atoms with van der Waals surface area (Å²) < 4.78 is 0. The van der Waals surface area contributed by atoms with Gasteiger partial charge in [-0.15, -0.1) is 0 Å². The fourth-order valence-corrected chi connectivity index (χ4v) is 2.78. The SMILES string of the molecule is O=C(Cc1c[nH]c(Sc2ccccc2)c1)C(=O)c1ncn[nH]1. The van der Waals surface area contributed by atoms with Gasteiger partial charge in [0, 0.05) is 17.5 Å². The fourth-order valence-electron chi connectivity index (χ4n) is 1.90. The third-order valence-electron chi connectivity index (χ3n) is 2.94. The minimum absolute atomic E-state index is 0.0283. The molecule has 3 aromatic rings. The van der Waals surface area contributed by atoms with Crippen LogP contribution in [0.25, 0.3) is 0 Å². The van der Waals surface area contributed by atoms with Crippen molar-refractivity contribution in [2.24, 2.45) is 0 Å². The van der Waals surface area contributed by atoms with E-state index in [1.807, 2.05) is 36.4 Å². The van der Waals surface area contributed by atoms with Crippen LogP contribution in [0.15, 0.2) is 58.8 Å². The molecule has 0 aliphatic rings. The number of benzene rings is 1. The maximum atomic E-state index is 11.9. The number of carbonyl (C=O) groups excluding carboxylic acids is 2. The summed E-state index contributed by atoms with van der Waals surface area (Å²) in [6.07, 6.45) is 2.97. The molecule has 0 saturated heterocycles. The van der Waals surface area contributed by atoms with Crippen LogP contribution in [0.2, 0.25) is 0 Å². The number of rotatable bonds is 6. The highest BCUT2D eigenvalue weighted by atomic mass is 32.2. The summed E-state index contributed by atoms with van der Waals surface area (Å²) in [6, 6.07) is 11.8. The predicted molar refractivity (Wildman–Crippen MR) is 80.8 cm³/mol. The smallest absolute Gasteiger partial charge is 0.265 e. The number of Topliss-reactive ketones (excluding diaryl/α,β-unsaturated/α-hetero) is 2. The molecule has 2 heterocycles. The Balaban J connectivity index is 1.64. The summed E-state index contributed by atoms with van der Waals surface area (Å²) in [5.74, 6) is -1.21. The third-order valence-corrected chi connectivity index (χ3v) is 3.90. The largest absolute Gasteiger partial charge is 0.356 e. The summed E-state index contributed by atoms with van der Waals surface area (Å²) in [4.78, 5) is 31.6. The van der Waals surface area contributed by atoms with Gasteiger partial charge in [0.25, 0.3) is 5.78 Å². The lowest BCUT2D eigenvalue weighted by Crippen LogP contribution is -2.17. The first-order valence-electron chi connectivity index (χ1n) is 6.55. The molecule has 7 heteroatoms. The van der Waals surface area contributed by atoms with Gasteiger partial charge in [0.1, 0.15) is 6.33 Å². The van der Waals surface area contributed by atoms with Gasteiger partial charge < -0.3 is 4.98 Å². The van der Waals surface area contributed by atoms with Crippen LogP contribution < -0.4 is 0 Å². The topological polar surface area (TPSA) is 91.5 Å². The number of nitrogens with one attached hydrogen (secondary N) is 2. The summed E-state index contributed by atoms with van der Waals surface area (Å²) in [6.45, 7) is 0. The fraction of sp³-hybridized carbons (Fsp3) is 0.0667. The van der Waals surface area contributed by atoms with E-state index in [0.29, 0.717) is 0 Å². The molecule has 6 nitrogen and oxygen atoms in total. The van der Waals surface area contributed by atoms with Crippen LogP contribution in [-0.2, 0) is 11.2 Å². The van der Waals surface area contributed by atoms with Crippen molar-refractivity contribution in [2.75, 3.05) is 0 Å². The number of H-pyrrole nitrogens is 2. The van der Waals surface area contributed by atoms with E-state index in [4.69, 9.17) is 0 Å². The van der Waals surface area contributed by atoms with E-state index < -0.39 is 11.6 Å². The van der Waals surface area contributed by atoms with Crippen molar-refractivity contribution in [3.05, 3.63) is 60.3 Å². The van der Waals surface area contributed by atoms with Crippen LogP contribution in [-0.4, -0.2) is 31.7 Å². The van der Waals surface area contributed by atoms with Crippen molar-refractivity contribution in [1.29, 1.82) is 0 Å². The Labute approximate surface area is 130 Å². The monoisotopic (exact) mass is 312 g/mol. The molecule has 0 fully saturated rings. The normalized spacial score (nSPS) is 10.5. The third kappa shape index (κ3) is 3.32. The zero-order valence-corrected chi connectivity index (χ0v) is 12.3. The van der Waals surface area contributed by atoms with Gasteiger partial charge in [0.15, 0.2) is 5.82 Å². The van der Waals surface area contributed by atoms with Crippen LogP contribution >= 0.6 is 11.8 Å². The first-order valence-corrected chi connectivity index (χ1v) is 7.37. The summed E-state index contributed by atoms with van der Waals surface area (Å²) in [7, 11) is 0. The molecular formula is C15H12N4O2S. The molecule has 0 atom stereocenters. The molecule has 0 aliphatic heterocycles. The summed E-state index contributed by atoms with van der Waals surface area (Å²) in [5, 5.41) is 6.88. The molecule has 0 bridgehead atoms. The molecule has 1 aromatic carbocycles. The minimum Gasteiger partial charge on any atom is -0.356 e. The molecule has 0 spiro atoms. The maximum absolute atomic E-state index is 11.9. The van der Waals surface area contributed by atoms with Gasteiger partial charge in [-0.3, -0.25) is 14.7 Å². The van der Waals surface area contributed by atoms with Gasteiger partial charge >= 0.3 is 0 Å². The van der Waals surface area contributed by atoms with Crippen molar-refractivity contribution in [2.45, 2.75) is 16.3 Å². The Morgan fingerprint density at radius 1 is 1.18 bits per heavy atom. The lowest BCUT2D eigenvalue weighted by atomic mass is 10.1. The highest BCUT2D eigenvalue weighted by molar-refractivity contribution is 7.99. The number of aromatic amines is 2. The van der Waals surface area contributed by atoms with Crippen LogP contribution in [0.5, 0.6) is 0 Å². The standard InChI is InChI=1S/C15H12N4O2S/c20-12(14(21)15-17-9-18-19-15)6-10-7-13(16-8-10)22-11-4-2-1-3-5-11/h1-5,7-9,16H,6H2,(H,17,18,19). The van der Waals surface area contributed by atoms with Gasteiger partial charge in [0.2, 0.25) is 5.78 Å². The van der Waals surface area contributed by atoms with E-state index in [-0.39, 0.29) is 12.2 Å². The van der Waals surface area contributed by atoms with Crippen molar-refractivity contribution in [3.63, 3.8) is 0 Å². The quantitative estimate of drug-likeness (QED) is 0.538. The van der Waals surface area contributed by atoms with E-state index in [1.54, 1.807) is 18.0 Å². The number of hydrogen-bond acceptors (Lipinski definition) is 5. The van der Waals surface area contributed by atoms with Crippen LogP contribution in [0.1, 0.15) is 16.2 Å². The average Bonchev–Trinajstić information content (AvgIpc) is 3.19. The molecule has 2 N–H and O–H groups in total. The second kappa shape index (κ2) is 6.40. The van der Waals surface area contributed by atoms with Crippen LogP contribution in [0.3, 0.4) is 0 Å². The van der Waals surface area contributed by atoms with Gasteiger partial charge in [-0.25, -0.2) is 4.98 Å². The molecule has 0 radical (unpaired) electrons. The summed E-state index contributed by atoms with van der Waals surface area (Å²) >= 11 is 1.56. The molecule has 0 aliphatic carbocycles. The Bertz CT molecular complexity index is 781. The van der Waals surface area contributed by atoms with Crippen molar-refractivity contribution >= 4 is 23.3 Å². The number of nitrogens with zero attached hydrogens (tertiary/aromatic N) is 2. The van der Waals surface area contributed by atoms with Crippen LogP contribution in [0.4, 0.5) is 0 Å². The molecule has 3 rings (SSSR count). The first-order chi connectivity index (χ1) is 10.7. The molecular weight excluding hydrogens is 300 g/mol. The zero-order chi connectivity index (χ0) is 15.4. The number of ketones is 2. The number of aromatic nitrogens is 4. The molecule has 0 unspecified atom stereocenters. The molecule has 110 valence electrons. The highest BCUT2D eigenvalue weighted by Crippen LogP contribution is 2.26. The van der Waals surface area contributed by atoms with E-state index >= 15 is 0 Å². The Hall–Kier alpha value is -2.67. The predicted octanol–water partition coefficient (Wildman–Crippen LogP) is 2.28. The second-order valence-electron chi connectivity index (χ2n) is 4.55. The Kier molecular flexibility index (Phi) is 4.15.